The molecule has 0 spiro atoms. The van der Waals surface area contributed by atoms with Crippen LogP contribution in [0.1, 0.15) is 39.5 Å². The van der Waals surface area contributed by atoms with Gasteiger partial charge in [0.15, 0.2) is 5.84 Å². The molecule has 0 aromatic carbocycles. The van der Waals surface area contributed by atoms with Crippen molar-refractivity contribution in [2.24, 2.45) is 16.3 Å². The molecule has 1 amide bonds. The number of carbonyl (C=O) groups excluding carboxylic acids is 1. The fourth-order valence-electron chi connectivity index (χ4n) is 2.33. The van der Waals surface area contributed by atoms with E-state index in [0.29, 0.717) is 19.4 Å². The molecule has 18 heavy (non-hydrogen) atoms. The molecule has 1 aliphatic rings. The highest BCUT2D eigenvalue weighted by Gasteiger charge is 2.39. The number of nitrogens with two attached hydrogens (primary N) is 1. The van der Waals surface area contributed by atoms with Gasteiger partial charge >= 0.3 is 0 Å². The van der Waals surface area contributed by atoms with Crippen molar-refractivity contribution in [2.75, 3.05) is 13.2 Å². The predicted molar refractivity (Wildman–Crippen MR) is 68.4 cm³/mol. The van der Waals surface area contributed by atoms with Crippen molar-refractivity contribution in [3.05, 3.63) is 0 Å². The quantitative estimate of drug-likeness (QED) is 0.284. The van der Waals surface area contributed by atoms with E-state index in [9.17, 15) is 4.79 Å². The monoisotopic (exact) mass is 257 g/mol. The molecule has 0 radical (unpaired) electrons. The molecule has 1 unspecified atom stereocenters. The third-order valence-corrected chi connectivity index (χ3v) is 3.75. The molecule has 0 aromatic rings. The number of ether oxygens (including phenoxy) is 1. The van der Waals surface area contributed by atoms with Gasteiger partial charge < -0.3 is 21.0 Å². The molecule has 0 saturated carbocycles. The van der Waals surface area contributed by atoms with Crippen molar-refractivity contribution in [2.45, 2.75) is 45.6 Å². The van der Waals surface area contributed by atoms with E-state index in [1.165, 1.54) is 0 Å². The number of hydrogen-bond donors (Lipinski definition) is 3. The highest BCUT2D eigenvalue weighted by Crippen LogP contribution is 2.27. The molecule has 1 atom stereocenters. The maximum Gasteiger partial charge on any atom is 0.234 e. The van der Waals surface area contributed by atoms with Gasteiger partial charge in [-0.25, -0.2) is 0 Å². The Labute approximate surface area is 108 Å². The van der Waals surface area contributed by atoms with Gasteiger partial charge in [0.25, 0.3) is 0 Å². The Hall–Kier alpha value is -1.30. The predicted octanol–water partition coefficient (Wildman–Crippen LogP) is 0.834. The first kappa shape index (κ1) is 14.8. The second-order valence-electron chi connectivity index (χ2n) is 4.62. The number of hydrogen-bond acceptors (Lipinski definition) is 4. The second-order valence-corrected chi connectivity index (χ2v) is 4.62. The van der Waals surface area contributed by atoms with Gasteiger partial charge in [0, 0.05) is 13.2 Å². The highest BCUT2D eigenvalue weighted by atomic mass is 16.5. The van der Waals surface area contributed by atoms with Crippen molar-refractivity contribution >= 4 is 11.7 Å². The van der Waals surface area contributed by atoms with Gasteiger partial charge in [0.1, 0.15) is 5.41 Å². The second kappa shape index (κ2) is 6.58. The van der Waals surface area contributed by atoms with Gasteiger partial charge in [-0.05, 0) is 25.7 Å². The number of nitrogens with zero attached hydrogens (tertiary/aromatic N) is 1. The zero-order valence-corrected chi connectivity index (χ0v) is 11.1. The third kappa shape index (κ3) is 2.93. The Morgan fingerprint density at radius 3 is 2.67 bits per heavy atom. The smallest absolute Gasteiger partial charge is 0.234 e. The van der Waals surface area contributed by atoms with E-state index in [1.807, 2.05) is 13.8 Å². The highest BCUT2D eigenvalue weighted by molar-refractivity contribution is 6.06. The first-order valence-electron chi connectivity index (χ1n) is 6.48. The SMILES string of the molecule is CCC(CC)(C(=O)NCC1CCCO1)C(N)=NO. The Morgan fingerprint density at radius 2 is 2.22 bits per heavy atom. The van der Waals surface area contributed by atoms with Gasteiger partial charge in [-0.1, -0.05) is 19.0 Å². The van der Waals surface area contributed by atoms with Crippen molar-refractivity contribution in [3.63, 3.8) is 0 Å². The molecule has 4 N–H and O–H groups in total. The summed E-state index contributed by atoms with van der Waals surface area (Å²) < 4.78 is 5.44. The molecule has 6 nitrogen and oxygen atoms in total. The summed E-state index contributed by atoms with van der Waals surface area (Å²) in [6, 6.07) is 0. The zero-order chi connectivity index (χ0) is 13.6. The minimum Gasteiger partial charge on any atom is -0.409 e. The lowest BCUT2D eigenvalue weighted by atomic mass is 9.80. The number of carbonyl (C=O) groups is 1. The summed E-state index contributed by atoms with van der Waals surface area (Å²) in [6.45, 7) is 4.95. The van der Waals surface area contributed by atoms with Crippen LogP contribution < -0.4 is 11.1 Å². The standard InChI is InChI=1S/C12H23N3O3/c1-3-12(4-2,10(13)15-17)11(16)14-8-9-6-5-7-18-9/h9,17H,3-8H2,1-2H3,(H2,13,15)(H,14,16). The summed E-state index contributed by atoms with van der Waals surface area (Å²) in [4.78, 5) is 12.2. The van der Waals surface area contributed by atoms with E-state index in [1.54, 1.807) is 0 Å². The Morgan fingerprint density at radius 1 is 1.56 bits per heavy atom. The minimum absolute atomic E-state index is 0.0302. The lowest BCUT2D eigenvalue weighted by Gasteiger charge is -2.29. The molecule has 104 valence electrons. The van der Waals surface area contributed by atoms with Crippen LogP contribution in [-0.2, 0) is 9.53 Å². The fraction of sp³-hybridized carbons (Fsp3) is 0.833. The van der Waals surface area contributed by atoms with Gasteiger partial charge in [-0.15, -0.1) is 0 Å². The van der Waals surface area contributed by atoms with Crippen LogP contribution in [0.3, 0.4) is 0 Å². The van der Waals surface area contributed by atoms with E-state index >= 15 is 0 Å². The topological polar surface area (TPSA) is 96.9 Å². The van der Waals surface area contributed by atoms with Crippen molar-refractivity contribution in [3.8, 4) is 0 Å². The summed E-state index contributed by atoms with van der Waals surface area (Å²) in [6.07, 6.45) is 3.09. The number of amidine groups is 1. The van der Waals surface area contributed by atoms with Crippen molar-refractivity contribution in [1.29, 1.82) is 0 Å². The molecule has 0 bridgehead atoms. The van der Waals surface area contributed by atoms with Crippen LogP contribution in [0.15, 0.2) is 5.16 Å². The lowest BCUT2D eigenvalue weighted by Crippen LogP contribution is -2.50. The Bertz CT molecular complexity index is 308. The van der Waals surface area contributed by atoms with Crippen LogP contribution in [0, 0.1) is 5.41 Å². The normalized spacial score (nSPS) is 21.0. The maximum absolute atomic E-state index is 12.2. The zero-order valence-electron chi connectivity index (χ0n) is 11.1. The van der Waals surface area contributed by atoms with Crippen LogP contribution in [0.25, 0.3) is 0 Å². The summed E-state index contributed by atoms with van der Waals surface area (Å²) >= 11 is 0. The van der Waals surface area contributed by atoms with Gasteiger partial charge in [0.05, 0.1) is 6.10 Å². The molecular formula is C12H23N3O3. The average molecular weight is 257 g/mol. The summed E-state index contributed by atoms with van der Waals surface area (Å²) in [5.41, 5.74) is 4.74. The van der Waals surface area contributed by atoms with Crippen LogP contribution in [0.2, 0.25) is 0 Å². The Balaban J connectivity index is 2.64. The third-order valence-electron chi connectivity index (χ3n) is 3.75. The van der Waals surface area contributed by atoms with E-state index in [2.05, 4.69) is 10.5 Å². The molecule has 0 aromatic heterocycles. The van der Waals surface area contributed by atoms with E-state index in [4.69, 9.17) is 15.7 Å². The Kier molecular flexibility index (Phi) is 5.40. The molecule has 1 aliphatic heterocycles. The number of nitrogens with one attached hydrogen (secondary N) is 1. The van der Waals surface area contributed by atoms with Gasteiger partial charge in [-0.3, -0.25) is 4.79 Å². The number of amides is 1. The molecule has 0 aliphatic carbocycles. The summed E-state index contributed by atoms with van der Waals surface area (Å²) in [5.74, 6) is -0.226. The van der Waals surface area contributed by atoms with Crippen LogP contribution in [0.4, 0.5) is 0 Å². The molecular weight excluding hydrogens is 234 g/mol. The van der Waals surface area contributed by atoms with Crippen molar-refractivity contribution < 1.29 is 14.7 Å². The average Bonchev–Trinajstić information content (AvgIpc) is 2.91. The van der Waals surface area contributed by atoms with E-state index in [-0.39, 0.29) is 17.8 Å². The van der Waals surface area contributed by atoms with Crippen LogP contribution >= 0.6 is 0 Å². The first-order valence-corrected chi connectivity index (χ1v) is 6.48. The molecule has 6 heteroatoms. The van der Waals surface area contributed by atoms with E-state index < -0.39 is 5.41 Å². The van der Waals surface area contributed by atoms with E-state index in [0.717, 1.165) is 19.4 Å². The number of oxime groups is 1. The molecule has 1 heterocycles. The van der Waals surface area contributed by atoms with Gasteiger partial charge in [-0.2, -0.15) is 0 Å². The molecule has 1 saturated heterocycles. The van der Waals surface area contributed by atoms with Crippen LogP contribution in [-0.4, -0.2) is 36.2 Å². The maximum atomic E-state index is 12.2. The lowest BCUT2D eigenvalue weighted by molar-refractivity contribution is -0.128. The number of rotatable bonds is 6. The summed E-state index contributed by atoms with van der Waals surface area (Å²) in [7, 11) is 0. The van der Waals surface area contributed by atoms with Crippen molar-refractivity contribution in [1.82, 2.24) is 5.32 Å². The molecule has 1 fully saturated rings. The van der Waals surface area contributed by atoms with Crippen LogP contribution in [0.5, 0.6) is 0 Å². The van der Waals surface area contributed by atoms with Gasteiger partial charge in [0.2, 0.25) is 5.91 Å². The first-order chi connectivity index (χ1) is 8.60. The summed E-state index contributed by atoms with van der Waals surface area (Å²) in [5, 5.41) is 14.7. The minimum atomic E-state index is -0.923. The largest absolute Gasteiger partial charge is 0.409 e. The molecule has 1 rings (SSSR count). The fourth-order valence-corrected chi connectivity index (χ4v) is 2.33.